The molecule has 1 heterocycles. The second kappa shape index (κ2) is 10.1. The molecular weight excluding hydrogens is 541 g/mol. The first-order valence-electron chi connectivity index (χ1n) is 16.0. The Morgan fingerprint density at radius 3 is 1.89 bits per heavy atom. The minimum absolute atomic E-state index is 0.405. The molecule has 1 aromatic heterocycles. The molecule has 0 fully saturated rings. The van der Waals surface area contributed by atoms with Crippen LogP contribution in [0.5, 0.6) is 0 Å². The molecule has 0 unspecified atom stereocenters. The van der Waals surface area contributed by atoms with Gasteiger partial charge in [-0.15, -0.1) is 0 Å². The Kier molecular flexibility index (Phi) is 5.86. The summed E-state index contributed by atoms with van der Waals surface area (Å²) in [6, 6.07) is 54.2. The summed E-state index contributed by atoms with van der Waals surface area (Å²) in [5, 5.41) is 1.32. The fourth-order valence-corrected chi connectivity index (χ4v) is 8.06. The van der Waals surface area contributed by atoms with E-state index in [9.17, 15) is 0 Å². The smallest absolute Gasteiger partial charge is 0.139 e. The van der Waals surface area contributed by atoms with Crippen molar-refractivity contribution in [1.29, 1.82) is 0 Å². The molecule has 6 aromatic carbocycles. The van der Waals surface area contributed by atoms with E-state index in [-0.39, 0.29) is 0 Å². The van der Waals surface area contributed by atoms with Crippen LogP contribution in [0.4, 0.5) is 0 Å². The molecule has 0 N–H and O–H groups in total. The average molecular weight is 574 g/mol. The molecule has 0 amide bonds. The molecule has 2 aliphatic rings. The monoisotopic (exact) mass is 573 g/mol. The van der Waals surface area contributed by atoms with Crippen molar-refractivity contribution in [3.05, 3.63) is 185 Å². The molecule has 212 valence electrons. The van der Waals surface area contributed by atoms with E-state index in [0.717, 1.165) is 12.8 Å². The second-order valence-corrected chi connectivity index (χ2v) is 12.5. The predicted octanol–water partition coefficient (Wildman–Crippen LogP) is 8.88. The van der Waals surface area contributed by atoms with Gasteiger partial charge < -0.3 is 4.57 Å². The lowest BCUT2D eigenvalue weighted by Crippen LogP contribution is -2.29. The van der Waals surface area contributed by atoms with E-state index in [0.29, 0.717) is 0 Å². The summed E-state index contributed by atoms with van der Waals surface area (Å²) in [5.41, 5.74) is 16.6. The van der Waals surface area contributed by atoms with Gasteiger partial charge >= 0.3 is 0 Å². The first kappa shape index (κ1) is 26.1. The Labute approximate surface area is 265 Å². The van der Waals surface area contributed by atoms with Crippen LogP contribution in [0, 0.1) is 0 Å². The fraction of sp³-hybridized carbons (Fsp3) is 0.0698. The van der Waals surface area contributed by atoms with Crippen molar-refractivity contribution in [2.24, 2.45) is 0 Å². The molecule has 0 spiro atoms. The third-order valence-electron chi connectivity index (χ3n) is 9.99. The zero-order valence-electron chi connectivity index (χ0n) is 25.4. The number of hydrogen-bond acceptors (Lipinski definition) is 0. The summed E-state index contributed by atoms with van der Waals surface area (Å²) in [4.78, 5) is 0. The Bertz CT molecular complexity index is 2220. The van der Waals surface area contributed by atoms with E-state index in [2.05, 4.69) is 170 Å². The molecule has 0 atom stereocenters. The molecule has 9 rings (SSSR count). The summed E-state index contributed by atoms with van der Waals surface area (Å²) in [6.45, 7) is 0. The summed E-state index contributed by atoms with van der Waals surface area (Å²) in [5.74, 6) is 0. The number of aromatic nitrogens is 1. The minimum Gasteiger partial charge on any atom is -0.313 e. The highest BCUT2D eigenvalue weighted by atomic mass is 15.0. The van der Waals surface area contributed by atoms with Gasteiger partial charge in [0.25, 0.3) is 0 Å². The van der Waals surface area contributed by atoms with Gasteiger partial charge in [0.1, 0.15) is 7.85 Å². The van der Waals surface area contributed by atoms with E-state index in [1.165, 1.54) is 77.8 Å². The molecular formula is C43H32BN. The quantitative estimate of drug-likeness (QED) is 0.185. The van der Waals surface area contributed by atoms with Gasteiger partial charge in [-0.1, -0.05) is 133 Å². The van der Waals surface area contributed by atoms with E-state index in [1.54, 1.807) is 0 Å². The molecule has 0 bridgehead atoms. The van der Waals surface area contributed by atoms with Crippen LogP contribution in [-0.4, -0.2) is 12.4 Å². The van der Waals surface area contributed by atoms with Crippen LogP contribution in [0.25, 0.3) is 44.9 Å². The van der Waals surface area contributed by atoms with Crippen molar-refractivity contribution in [2.45, 2.75) is 18.3 Å². The van der Waals surface area contributed by atoms with Gasteiger partial charge in [-0.2, -0.15) is 0 Å². The van der Waals surface area contributed by atoms with Crippen molar-refractivity contribution in [1.82, 2.24) is 4.57 Å². The Hall–Kier alpha value is -5.34. The lowest BCUT2D eigenvalue weighted by molar-refractivity contribution is 0.769. The van der Waals surface area contributed by atoms with E-state index < -0.39 is 5.41 Å². The van der Waals surface area contributed by atoms with Crippen molar-refractivity contribution >= 4 is 30.3 Å². The normalized spacial score (nSPS) is 14.2. The highest BCUT2D eigenvalue weighted by molar-refractivity contribution is 6.32. The molecule has 0 saturated carbocycles. The SMILES string of the molecule is Bc1ccc2c(c1)C(c1ccccc1)(c1ccccc1)c1cc(-c3ccc4c(c3)c3c(n4-c4ccccc4)CCC=C3)ccc1-2. The Balaban J connectivity index is 1.30. The highest BCUT2D eigenvalue weighted by Crippen LogP contribution is 2.56. The van der Waals surface area contributed by atoms with Gasteiger partial charge in [0.2, 0.25) is 0 Å². The Morgan fingerprint density at radius 2 is 1.18 bits per heavy atom. The van der Waals surface area contributed by atoms with Crippen LogP contribution < -0.4 is 5.46 Å². The number of hydrogen-bond donors (Lipinski definition) is 0. The summed E-state index contributed by atoms with van der Waals surface area (Å²) >= 11 is 0. The summed E-state index contributed by atoms with van der Waals surface area (Å²) in [6.07, 6.45) is 6.79. The lowest BCUT2D eigenvalue weighted by atomic mass is 9.67. The maximum Gasteiger partial charge on any atom is 0.139 e. The van der Waals surface area contributed by atoms with E-state index in [4.69, 9.17) is 0 Å². The maximum absolute atomic E-state index is 2.47. The molecule has 0 aliphatic heterocycles. The molecule has 0 saturated heterocycles. The van der Waals surface area contributed by atoms with Crippen LogP contribution in [0.15, 0.2) is 152 Å². The molecule has 45 heavy (non-hydrogen) atoms. The summed E-state index contributed by atoms with van der Waals surface area (Å²) in [7, 11) is 2.21. The summed E-state index contributed by atoms with van der Waals surface area (Å²) < 4.78 is 2.47. The van der Waals surface area contributed by atoms with Crippen molar-refractivity contribution in [2.75, 3.05) is 0 Å². The van der Waals surface area contributed by atoms with E-state index in [1.807, 2.05) is 0 Å². The molecule has 1 nitrogen and oxygen atoms in total. The van der Waals surface area contributed by atoms with Gasteiger partial charge in [0, 0.05) is 22.3 Å². The average Bonchev–Trinajstić information content (AvgIpc) is 3.59. The zero-order chi connectivity index (χ0) is 30.0. The fourth-order valence-electron chi connectivity index (χ4n) is 8.06. The highest BCUT2D eigenvalue weighted by Gasteiger charge is 2.46. The number of para-hydroxylation sites is 1. The van der Waals surface area contributed by atoms with Crippen LogP contribution in [0.2, 0.25) is 0 Å². The third-order valence-corrected chi connectivity index (χ3v) is 9.99. The van der Waals surface area contributed by atoms with Gasteiger partial charge in [-0.05, 0) is 87.7 Å². The van der Waals surface area contributed by atoms with Crippen molar-refractivity contribution < 1.29 is 0 Å². The van der Waals surface area contributed by atoms with Gasteiger partial charge in [-0.3, -0.25) is 0 Å². The zero-order valence-corrected chi connectivity index (χ0v) is 25.4. The number of benzene rings is 6. The standard InChI is InChI=1S/C43H32BN/c44-33-22-24-36-35-23-20-30(27-39(35)43(40(36)28-33,31-12-4-1-5-13-31)32-14-6-2-7-15-32)29-21-25-42-38(26-29)37-18-10-11-19-41(37)45(42)34-16-8-3-9-17-34/h1-10,12-18,20-28H,11,19,44H2. The number of allylic oxidation sites excluding steroid dienone is 1. The third kappa shape index (κ3) is 3.82. The van der Waals surface area contributed by atoms with Crippen molar-refractivity contribution in [3.8, 4) is 27.9 Å². The molecule has 0 radical (unpaired) electrons. The topological polar surface area (TPSA) is 4.93 Å². The second-order valence-electron chi connectivity index (χ2n) is 12.5. The molecule has 2 aliphatic carbocycles. The van der Waals surface area contributed by atoms with Crippen LogP contribution in [0.3, 0.4) is 0 Å². The first-order valence-corrected chi connectivity index (χ1v) is 16.0. The molecule has 7 aromatic rings. The van der Waals surface area contributed by atoms with Gasteiger partial charge in [-0.25, -0.2) is 0 Å². The minimum atomic E-state index is -0.405. The molecule has 2 heteroatoms. The van der Waals surface area contributed by atoms with Gasteiger partial charge in [0.05, 0.1) is 10.9 Å². The predicted molar refractivity (Wildman–Crippen MR) is 192 cm³/mol. The van der Waals surface area contributed by atoms with Gasteiger partial charge in [0.15, 0.2) is 0 Å². The van der Waals surface area contributed by atoms with E-state index >= 15 is 0 Å². The van der Waals surface area contributed by atoms with Crippen molar-refractivity contribution in [3.63, 3.8) is 0 Å². The van der Waals surface area contributed by atoms with Crippen LogP contribution in [0.1, 0.15) is 39.9 Å². The number of fused-ring (bicyclic) bond motifs is 6. The lowest BCUT2D eigenvalue weighted by Gasteiger charge is -2.34. The first-order chi connectivity index (χ1) is 22.2. The Morgan fingerprint density at radius 1 is 0.578 bits per heavy atom. The number of nitrogens with zero attached hydrogens (tertiary/aromatic N) is 1. The van der Waals surface area contributed by atoms with Crippen LogP contribution in [-0.2, 0) is 11.8 Å². The largest absolute Gasteiger partial charge is 0.313 e. The number of rotatable bonds is 4. The van der Waals surface area contributed by atoms with Crippen LogP contribution >= 0.6 is 0 Å². The maximum atomic E-state index is 2.47.